The van der Waals surface area contributed by atoms with Gasteiger partial charge in [-0.2, -0.15) is 0 Å². The van der Waals surface area contributed by atoms with Crippen LogP contribution in [0.5, 0.6) is 5.75 Å². The monoisotopic (exact) mass is 562 g/mol. The Morgan fingerprint density at radius 2 is 1.92 bits per heavy atom. The van der Waals surface area contributed by atoms with E-state index in [9.17, 15) is 9.59 Å². The van der Waals surface area contributed by atoms with Crippen molar-refractivity contribution in [3.63, 3.8) is 0 Å². The van der Waals surface area contributed by atoms with Crippen LogP contribution in [0.2, 0.25) is 10.0 Å². The van der Waals surface area contributed by atoms with Gasteiger partial charge in [-0.05, 0) is 49.6 Å². The molecule has 196 valence electrons. The van der Waals surface area contributed by atoms with Crippen LogP contribution in [0.3, 0.4) is 0 Å². The van der Waals surface area contributed by atoms with Crippen molar-refractivity contribution in [2.45, 2.75) is 33.1 Å². The van der Waals surface area contributed by atoms with Gasteiger partial charge in [-0.25, -0.2) is 9.78 Å². The third kappa shape index (κ3) is 7.55. The summed E-state index contributed by atoms with van der Waals surface area (Å²) < 4.78 is 11.4. The molecule has 0 saturated carbocycles. The number of aliphatic carboxylic acids is 1. The number of hydrogen-bond donors (Lipinski definition) is 2. The van der Waals surface area contributed by atoms with Crippen LogP contribution >= 0.6 is 34.5 Å². The molecule has 0 aliphatic carbocycles. The number of unbranched alkanes of at least 4 members (excludes halogenated alkanes) is 1. The van der Waals surface area contributed by atoms with Crippen LogP contribution in [0.1, 0.15) is 48.2 Å². The lowest BCUT2D eigenvalue weighted by Crippen LogP contribution is -2.12. The molecule has 0 saturated heterocycles. The molecule has 0 aliphatic rings. The minimum atomic E-state index is -1.09. The molecule has 2 N–H and O–H groups in total. The highest BCUT2D eigenvalue weighted by Crippen LogP contribution is 2.35. The Hall–Kier alpha value is -2.91. The molecule has 3 rings (SSSR count). The first-order valence-electron chi connectivity index (χ1n) is 11.7. The number of thiazole rings is 1. The summed E-state index contributed by atoms with van der Waals surface area (Å²) in [5.41, 5.74) is 3.14. The number of carbonyl (C=O) groups is 2. The number of ether oxygens (including phenoxy) is 2. The molecular weight excluding hydrogens is 535 g/mol. The number of hydrogen-bond acceptors (Lipinski definition) is 6. The van der Waals surface area contributed by atoms with E-state index in [1.54, 1.807) is 7.11 Å². The van der Waals surface area contributed by atoms with Gasteiger partial charge in [0.2, 0.25) is 0 Å². The van der Waals surface area contributed by atoms with Gasteiger partial charge in [0.25, 0.3) is 5.91 Å². The van der Waals surface area contributed by atoms with Crippen molar-refractivity contribution >= 4 is 57.6 Å². The predicted octanol–water partition coefficient (Wildman–Crippen LogP) is 7.22. The Kier molecular flexibility index (Phi) is 10.5. The van der Waals surface area contributed by atoms with Crippen LogP contribution in [-0.4, -0.2) is 42.3 Å². The molecule has 1 heterocycles. The first-order chi connectivity index (χ1) is 17.7. The molecule has 0 unspecified atom stereocenters. The van der Waals surface area contributed by atoms with Gasteiger partial charge in [0.05, 0.1) is 29.5 Å². The SMILES string of the molecule is CCCCOCCc1cccc(-c2csc(NC(=O)c3cc(Cl)c(/C=C(\C)C(=O)O)c(Cl)c3)n2)c1OC. The summed E-state index contributed by atoms with van der Waals surface area (Å²) >= 11 is 13.9. The molecule has 0 fully saturated rings. The van der Waals surface area contributed by atoms with E-state index < -0.39 is 11.9 Å². The van der Waals surface area contributed by atoms with E-state index in [0.29, 0.717) is 29.4 Å². The van der Waals surface area contributed by atoms with Crippen LogP contribution in [0.25, 0.3) is 17.3 Å². The summed E-state index contributed by atoms with van der Waals surface area (Å²) in [5.74, 6) is -0.806. The van der Waals surface area contributed by atoms with Gasteiger partial charge in [-0.1, -0.05) is 48.7 Å². The van der Waals surface area contributed by atoms with Crippen LogP contribution in [0.15, 0.2) is 41.3 Å². The molecule has 0 aliphatic heterocycles. The average molecular weight is 564 g/mol. The topological polar surface area (TPSA) is 97.8 Å². The second-order valence-electron chi connectivity index (χ2n) is 8.19. The second-order valence-corrected chi connectivity index (χ2v) is 9.86. The van der Waals surface area contributed by atoms with E-state index in [1.807, 2.05) is 23.6 Å². The number of anilines is 1. The van der Waals surface area contributed by atoms with Gasteiger partial charge in [0, 0.05) is 34.3 Å². The number of aromatic nitrogens is 1. The first kappa shape index (κ1) is 28.7. The molecule has 0 bridgehead atoms. The number of para-hydroxylation sites is 1. The number of halogens is 2. The van der Waals surface area contributed by atoms with Gasteiger partial charge >= 0.3 is 5.97 Å². The van der Waals surface area contributed by atoms with E-state index in [1.165, 1.54) is 36.5 Å². The number of amides is 1. The maximum Gasteiger partial charge on any atom is 0.331 e. The number of nitrogens with one attached hydrogen (secondary N) is 1. The Morgan fingerprint density at radius 3 is 2.57 bits per heavy atom. The third-order valence-corrected chi connectivity index (χ3v) is 6.88. The Labute approximate surface area is 230 Å². The van der Waals surface area contributed by atoms with E-state index in [2.05, 4.69) is 17.2 Å². The molecule has 7 nitrogen and oxygen atoms in total. The highest BCUT2D eigenvalue weighted by atomic mass is 35.5. The molecule has 1 amide bonds. The normalized spacial score (nSPS) is 11.4. The number of benzene rings is 2. The quantitative estimate of drug-likeness (QED) is 0.178. The average Bonchev–Trinajstić information content (AvgIpc) is 3.33. The number of carbonyl (C=O) groups excluding carboxylic acids is 1. The Morgan fingerprint density at radius 1 is 1.19 bits per heavy atom. The molecule has 37 heavy (non-hydrogen) atoms. The number of nitrogens with zero attached hydrogens (tertiary/aromatic N) is 1. The van der Waals surface area contributed by atoms with Gasteiger partial charge in [-0.15, -0.1) is 11.3 Å². The second kappa shape index (κ2) is 13.6. The highest BCUT2D eigenvalue weighted by Gasteiger charge is 2.17. The van der Waals surface area contributed by atoms with E-state index in [4.69, 9.17) is 37.8 Å². The van der Waals surface area contributed by atoms with E-state index in [0.717, 1.165) is 36.3 Å². The van der Waals surface area contributed by atoms with Gasteiger partial charge in [-0.3, -0.25) is 10.1 Å². The lowest BCUT2D eigenvalue weighted by molar-refractivity contribution is -0.132. The van der Waals surface area contributed by atoms with Crippen molar-refractivity contribution in [2.24, 2.45) is 0 Å². The summed E-state index contributed by atoms with van der Waals surface area (Å²) in [6.07, 6.45) is 4.21. The summed E-state index contributed by atoms with van der Waals surface area (Å²) in [4.78, 5) is 28.6. The Bertz CT molecular complexity index is 1280. The molecule has 10 heteroatoms. The third-order valence-electron chi connectivity index (χ3n) is 5.50. The number of carboxylic acid groups (broad SMARTS) is 1. The first-order valence-corrected chi connectivity index (χ1v) is 13.3. The van der Waals surface area contributed by atoms with Gasteiger partial charge in [0.1, 0.15) is 5.75 Å². The van der Waals surface area contributed by atoms with Crippen LogP contribution in [-0.2, 0) is 16.0 Å². The van der Waals surface area contributed by atoms with E-state index >= 15 is 0 Å². The summed E-state index contributed by atoms with van der Waals surface area (Å²) in [5, 5.41) is 14.4. The van der Waals surface area contributed by atoms with Gasteiger partial charge in [0.15, 0.2) is 5.13 Å². The minimum Gasteiger partial charge on any atom is -0.496 e. The van der Waals surface area contributed by atoms with Gasteiger partial charge < -0.3 is 14.6 Å². The van der Waals surface area contributed by atoms with Crippen molar-refractivity contribution < 1.29 is 24.2 Å². The zero-order valence-corrected chi connectivity index (χ0v) is 23.1. The molecule has 0 spiro atoms. The van der Waals surface area contributed by atoms with Crippen molar-refractivity contribution in [1.82, 2.24) is 4.98 Å². The number of methoxy groups -OCH3 is 1. The van der Waals surface area contributed by atoms with Crippen molar-refractivity contribution in [1.29, 1.82) is 0 Å². The highest BCUT2D eigenvalue weighted by molar-refractivity contribution is 7.14. The molecule has 1 aromatic heterocycles. The maximum atomic E-state index is 12.9. The number of rotatable bonds is 12. The predicted molar refractivity (Wildman–Crippen MR) is 149 cm³/mol. The van der Waals surface area contributed by atoms with Crippen molar-refractivity contribution in [2.75, 3.05) is 25.6 Å². The molecule has 0 atom stereocenters. The molecule has 2 aromatic carbocycles. The zero-order valence-electron chi connectivity index (χ0n) is 20.8. The molecule has 3 aromatic rings. The number of carboxylic acids is 1. The van der Waals surface area contributed by atoms with E-state index in [-0.39, 0.29) is 21.2 Å². The summed E-state index contributed by atoms with van der Waals surface area (Å²) in [6.45, 7) is 4.91. The van der Waals surface area contributed by atoms with Crippen molar-refractivity contribution in [3.05, 3.63) is 68.0 Å². The maximum absolute atomic E-state index is 12.9. The standard InChI is InChI=1S/C27H28Cl2N2O5S/c1-4-5-10-36-11-9-17-7-6-8-19(24(17)35-3)23-15-37-27(30-23)31-25(32)18-13-21(28)20(22(29)14-18)12-16(2)26(33)34/h6-8,12-15H,4-5,9-11H2,1-3H3,(H,33,34)(H,30,31,32)/b16-12+. The fourth-order valence-electron chi connectivity index (χ4n) is 3.51. The van der Waals surface area contributed by atoms with Crippen LogP contribution in [0, 0.1) is 0 Å². The minimum absolute atomic E-state index is 0.0693. The van der Waals surface area contributed by atoms with Crippen molar-refractivity contribution in [3.8, 4) is 17.0 Å². The summed E-state index contributed by atoms with van der Waals surface area (Å²) in [7, 11) is 1.62. The van der Waals surface area contributed by atoms with Crippen LogP contribution in [0.4, 0.5) is 5.13 Å². The lowest BCUT2D eigenvalue weighted by atomic mass is 10.0. The zero-order chi connectivity index (χ0) is 26.9. The fourth-order valence-corrected chi connectivity index (χ4v) is 4.81. The summed E-state index contributed by atoms with van der Waals surface area (Å²) in [6, 6.07) is 8.75. The van der Waals surface area contributed by atoms with Crippen LogP contribution < -0.4 is 10.1 Å². The smallest absolute Gasteiger partial charge is 0.331 e. The molecular formula is C27H28Cl2N2O5S. The Balaban J connectivity index is 1.76. The largest absolute Gasteiger partial charge is 0.496 e. The molecule has 0 radical (unpaired) electrons. The fraction of sp³-hybridized carbons (Fsp3) is 0.296. The lowest BCUT2D eigenvalue weighted by Gasteiger charge is -2.12.